The van der Waals surface area contributed by atoms with Crippen LogP contribution in [-0.4, -0.2) is 27.3 Å². The Labute approximate surface area is 216 Å². The third kappa shape index (κ3) is 4.62. The molecule has 2 heterocycles. The molecule has 4 aromatic rings. The zero-order valence-corrected chi connectivity index (χ0v) is 21.6. The highest BCUT2D eigenvalue weighted by atomic mass is 32.1. The number of rotatable bonds is 6. The number of hydrogen-bond acceptors (Lipinski definition) is 5. The maximum atomic E-state index is 5.86. The minimum atomic E-state index is -0.215. The Kier molecular flexibility index (Phi) is 6.57. The molecule has 1 aliphatic heterocycles. The molecule has 5 rings (SSSR count). The monoisotopic (exact) mass is 496 g/mol. The van der Waals surface area contributed by atoms with E-state index in [2.05, 4.69) is 66.5 Å². The third-order valence-corrected chi connectivity index (χ3v) is 6.99. The molecule has 0 amide bonds. The van der Waals surface area contributed by atoms with Crippen LogP contribution < -0.4 is 10.1 Å². The van der Waals surface area contributed by atoms with Crippen molar-refractivity contribution >= 4 is 22.9 Å². The van der Waals surface area contributed by atoms with Crippen molar-refractivity contribution in [3.63, 3.8) is 0 Å². The van der Waals surface area contributed by atoms with Gasteiger partial charge in [-0.15, -0.1) is 0 Å². The second kappa shape index (κ2) is 9.95. The van der Waals surface area contributed by atoms with Crippen LogP contribution in [0.4, 0.5) is 0 Å². The number of ether oxygens (including phenoxy) is 1. The first-order chi connectivity index (χ1) is 17.4. The van der Waals surface area contributed by atoms with E-state index in [1.54, 1.807) is 7.11 Å². The van der Waals surface area contributed by atoms with Gasteiger partial charge in [0.15, 0.2) is 5.11 Å². The van der Waals surface area contributed by atoms with Gasteiger partial charge in [0.25, 0.3) is 5.89 Å². The summed E-state index contributed by atoms with van der Waals surface area (Å²) >= 11 is 5.85. The number of thiocarbonyl (C=S) groups is 1. The molecule has 0 spiro atoms. The Bertz CT molecular complexity index is 1430. The summed E-state index contributed by atoms with van der Waals surface area (Å²) in [4.78, 5) is 6.90. The Hall–Kier alpha value is -3.97. The van der Waals surface area contributed by atoms with Crippen LogP contribution in [0.5, 0.6) is 5.75 Å². The largest absolute Gasteiger partial charge is 0.497 e. The van der Waals surface area contributed by atoms with E-state index in [0.29, 0.717) is 23.4 Å². The number of allylic oxidation sites excluding steroid dienone is 1. The first kappa shape index (κ1) is 23.8. The number of aryl methyl sites for hydroxylation is 2. The summed E-state index contributed by atoms with van der Waals surface area (Å²) in [5, 5.41) is 8.51. The first-order valence-electron chi connectivity index (χ1n) is 11.8. The molecule has 7 heteroatoms. The average Bonchev–Trinajstić information content (AvgIpc) is 3.38. The lowest BCUT2D eigenvalue weighted by Crippen LogP contribution is -2.45. The fraction of sp³-hybridized carbons (Fsp3) is 0.207. The first-order valence-corrected chi connectivity index (χ1v) is 12.2. The Morgan fingerprint density at radius 1 is 0.972 bits per heavy atom. The van der Waals surface area contributed by atoms with E-state index in [9.17, 15) is 0 Å². The standard InChI is InChI=1S/C29H28N4O2S/c1-18-10-11-23(16-19(18)2)26-25(20(3)33(29(36)30-26)17-21-8-6-5-7-9-21)28-31-27(32-35-28)22-12-14-24(34-4)15-13-22/h5-16,26H,17H2,1-4H3,(H,30,36). The smallest absolute Gasteiger partial charge is 0.258 e. The van der Waals surface area contributed by atoms with Crippen molar-refractivity contribution in [2.75, 3.05) is 7.11 Å². The second-order valence-corrected chi connectivity index (χ2v) is 9.34. The van der Waals surface area contributed by atoms with Crippen LogP contribution >= 0.6 is 12.2 Å². The van der Waals surface area contributed by atoms with E-state index in [-0.39, 0.29) is 6.04 Å². The van der Waals surface area contributed by atoms with Crippen molar-refractivity contribution in [2.45, 2.75) is 33.4 Å². The van der Waals surface area contributed by atoms with E-state index in [1.165, 1.54) is 11.1 Å². The highest BCUT2D eigenvalue weighted by molar-refractivity contribution is 7.80. The van der Waals surface area contributed by atoms with E-state index in [0.717, 1.165) is 33.7 Å². The molecule has 1 unspecified atom stereocenters. The lowest BCUT2D eigenvalue weighted by atomic mass is 9.92. The topological polar surface area (TPSA) is 63.4 Å². The zero-order valence-electron chi connectivity index (χ0n) is 20.8. The quantitative estimate of drug-likeness (QED) is 0.318. The van der Waals surface area contributed by atoms with Gasteiger partial charge < -0.3 is 19.5 Å². The van der Waals surface area contributed by atoms with Crippen LogP contribution in [0.25, 0.3) is 17.0 Å². The van der Waals surface area contributed by atoms with Gasteiger partial charge in [0, 0.05) is 17.8 Å². The minimum Gasteiger partial charge on any atom is -0.497 e. The molecular formula is C29H28N4O2S. The van der Waals surface area contributed by atoms with Crippen LogP contribution in [-0.2, 0) is 6.54 Å². The summed E-state index contributed by atoms with van der Waals surface area (Å²) in [5.41, 5.74) is 7.46. The van der Waals surface area contributed by atoms with Crippen LogP contribution in [0.15, 0.2) is 83.0 Å². The molecule has 0 saturated heterocycles. The highest BCUT2D eigenvalue weighted by Crippen LogP contribution is 2.38. The van der Waals surface area contributed by atoms with Crippen molar-refractivity contribution in [3.05, 3.63) is 107 Å². The molecule has 3 aromatic carbocycles. The Balaban J connectivity index is 1.59. The number of benzene rings is 3. The molecule has 0 radical (unpaired) electrons. The molecule has 0 bridgehead atoms. The summed E-state index contributed by atoms with van der Waals surface area (Å²) < 4.78 is 11.1. The van der Waals surface area contributed by atoms with Gasteiger partial charge in [-0.1, -0.05) is 53.7 Å². The number of nitrogens with one attached hydrogen (secondary N) is 1. The zero-order chi connectivity index (χ0) is 25.2. The van der Waals surface area contributed by atoms with E-state index in [1.807, 2.05) is 42.5 Å². The van der Waals surface area contributed by atoms with Gasteiger partial charge in [-0.2, -0.15) is 4.98 Å². The maximum Gasteiger partial charge on any atom is 0.258 e. The summed E-state index contributed by atoms with van der Waals surface area (Å²) in [6.07, 6.45) is 0. The predicted molar refractivity (Wildman–Crippen MR) is 145 cm³/mol. The fourth-order valence-electron chi connectivity index (χ4n) is 4.40. The lowest BCUT2D eigenvalue weighted by molar-refractivity contribution is 0.396. The lowest BCUT2D eigenvalue weighted by Gasteiger charge is -2.37. The molecule has 1 aliphatic rings. The van der Waals surface area contributed by atoms with Gasteiger partial charge in [0.05, 0.1) is 18.7 Å². The van der Waals surface area contributed by atoms with Crippen molar-refractivity contribution in [3.8, 4) is 17.1 Å². The molecule has 0 aliphatic carbocycles. The Morgan fingerprint density at radius 3 is 2.42 bits per heavy atom. The van der Waals surface area contributed by atoms with Crippen LogP contribution in [0, 0.1) is 13.8 Å². The number of aromatic nitrogens is 2. The normalized spacial score (nSPS) is 15.7. The van der Waals surface area contributed by atoms with Crippen LogP contribution in [0.3, 0.4) is 0 Å². The van der Waals surface area contributed by atoms with E-state index >= 15 is 0 Å². The SMILES string of the molecule is COc1ccc(-c2noc(C3=C(C)N(Cc4ccccc4)C(=S)NC3c3ccc(C)c(C)c3)n2)cc1. The molecule has 1 N–H and O–H groups in total. The van der Waals surface area contributed by atoms with E-state index in [4.69, 9.17) is 26.5 Å². The minimum absolute atomic E-state index is 0.215. The molecule has 6 nitrogen and oxygen atoms in total. The summed E-state index contributed by atoms with van der Waals surface area (Å²) in [5.74, 6) is 1.77. The molecule has 36 heavy (non-hydrogen) atoms. The van der Waals surface area contributed by atoms with Gasteiger partial charge in [0.2, 0.25) is 5.82 Å². The molecule has 1 atom stereocenters. The molecule has 0 saturated carbocycles. The number of hydrogen-bond donors (Lipinski definition) is 1. The van der Waals surface area contributed by atoms with Gasteiger partial charge in [0.1, 0.15) is 5.75 Å². The van der Waals surface area contributed by atoms with Crippen molar-refractivity contribution in [2.24, 2.45) is 0 Å². The van der Waals surface area contributed by atoms with Gasteiger partial charge >= 0.3 is 0 Å². The maximum absolute atomic E-state index is 5.86. The predicted octanol–water partition coefficient (Wildman–Crippen LogP) is 6.22. The molecule has 182 valence electrons. The van der Waals surface area contributed by atoms with Crippen LogP contribution in [0.1, 0.15) is 41.1 Å². The molecule has 1 aromatic heterocycles. The van der Waals surface area contributed by atoms with Crippen molar-refractivity contribution in [1.82, 2.24) is 20.4 Å². The van der Waals surface area contributed by atoms with E-state index < -0.39 is 0 Å². The van der Waals surface area contributed by atoms with Crippen LogP contribution in [0.2, 0.25) is 0 Å². The van der Waals surface area contributed by atoms with Crippen molar-refractivity contribution < 1.29 is 9.26 Å². The van der Waals surface area contributed by atoms with Gasteiger partial charge in [-0.25, -0.2) is 0 Å². The fourth-order valence-corrected chi connectivity index (χ4v) is 4.72. The number of nitrogens with zero attached hydrogens (tertiary/aromatic N) is 3. The van der Waals surface area contributed by atoms with Crippen molar-refractivity contribution in [1.29, 1.82) is 0 Å². The Morgan fingerprint density at radius 2 is 1.72 bits per heavy atom. The average molecular weight is 497 g/mol. The number of methoxy groups -OCH3 is 1. The summed E-state index contributed by atoms with van der Waals surface area (Å²) in [6, 6.07) is 24.1. The summed E-state index contributed by atoms with van der Waals surface area (Å²) in [7, 11) is 1.64. The molecular weight excluding hydrogens is 468 g/mol. The molecule has 0 fully saturated rings. The highest BCUT2D eigenvalue weighted by Gasteiger charge is 2.34. The summed E-state index contributed by atoms with van der Waals surface area (Å²) in [6.45, 7) is 6.94. The van der Waals surface area contributed by atoms with Gasteiger partial charge in [-0.3, -0.25) is 0 Å². The van der Waals surface area contributed by atoms with Gasteiger partial charge in [-0.05, 0) is 79.5 Å². The second-order valence-electron chi connectivity index (χ2n) is 8.95. The third-order valence-electron chi connectivity index (χ3n) is 6.65.